The van der Waals surface area contributed by atoms with Crippen molar-refractivity contribution in [3.63, 3.8) is 0 Å². The van der Waals surface area contributed by atoms with Gasteiger partial charge in [-0.15, -0.1) is 0 Å². The highest BCUT2D eigenvalue weighted by atomic mass is 16.4. The number of aliphatic carboxylic acids is 1. The first-order valence-corrected chi connectivity index (χ1v) is 5.16. The van der Waals surface area contributed by atoms with Crippen LogP contribution in [0.4, 0.5) is 0 Å². The van der Waals surface area contributed by atoms with Gasteiger partial charge in [-0.1, -0.05) is 12.8 Å². The summed E-state index contributed by atoms with van der Waals surface area (Å²) in [6, 6.07) is 0. The third kappa shape index (κ3) is 2.68. The number of aliphatic hydroxyl groups is 1. The third-order valence-electron chi connectivity index (χ3n) is 2.91. The van der Waals surface area contributed by atoms with Crippen LogP contribution in [0.25, 0.3) is 0 Å². The Morgan fingerprint density at radius 1 is 1.40 bits per heavy atom. The molecular weight excluding hydrogens is 198 g/mol. The zero-order valence-corrected chi connectivity index (χ0v) is 8.82. The molecule has 0 saturated heterocycles. The summed E-state index contributed by atoms with van der Waals surface area (Å²) in [6.07, 6.45) is 3.65. The van der Waals surface area contributed by atoms with Gasteiger partial charge in [-0.3, -0.25) is 4.79 Å². The first-order chi connectivity index (χ1) is 6.99. The molecule has 1 unspecified atom stereocenters. The van der Waals surface area contributed by atoms with Crippen LogP contribution < -0.4 is 5.32 Å². The second kappa shape index (κ2) is 4.61. The number of hydrogen-bond acceptors (Lipinski definition) is 3. The number of amides is 1. The second-order valence-electron chi connectivity index (χ2n) is 4.27. The van der Waals surface area contributed by atoms with E-state index >= 15 is 0 Å². The van der Waals surface area contributed by atoms with Crippen molar-refractivity contribution < 1.29 is 19.8 Å². The predicted octanol–water partition coefficient (Wildman–Crippen LogP) is 0.128. The highest BCUT2D eigenvalue weighted by molar-refractivity contribution is 5.87. The minimum atomic E-state index is -1.56. The Labute approximate surface area is 88.5 Å². The fourth-order valence-electron chi connectivity index (χ4n) is 1.72. The lowest BCUT2D eigenvalue weighted by atomic mass is 10.0. The van der Waals surface area contributed by atoms with Crippen LogP contribution in [-0.4, -0.2) is 34.2 Å². The molecule has 1 amide bonds. The number of carbonyl (C=O) groups excluding carboxylic acids is 1. The summed E-state index contributed by atoms with van der Waals surface area (Å²) in [6.45, 7) is 0.711. The van der Waals surface area contributed by atoms with Gasteiger partial charge in [-0.25, -0.2) is 4.79 Å². The minimum Gasteiger partial charge on any atom is -0.479 e. The molecule has 5 heteroatoms. The average molecular weight is 215 g/mol. The van der Waals surface area contributed by atoms with Crippen molar-refractivity contribution >= 4 is 11.9 Å². The first-order valence-electron chi connectivity index (χ1n) is 5.16. The van der Waals surface area contributed by atoms with Gasteiger partial charge in [-0.05, 0) is 19.8 Å². The SMILES string of the molecule is CC(CO)(NC(=O)C1CCCC1)C(=O)O. The van der Waals surface area contributed by atoms with Crippen molar-refractivity contribution in [2.24, 2.45) is 5.92 Å². The first kappa shape index (κ1) is 12.0. The maximum Gasteiger partial charge on any atom is 0.331 e. The van der Waals surface area contributed by atoms with Gasteiger partial charge in [0, 0.05) is 5.92 Å². The summed E-state index contributed by atoms with van der Waals surface area (Å²) in [5, 5.41) is 20.2. The Morgan fingerprint density at radius 2 is 1.93 bits per heavy atom. The zero-order valence-electron chi connectivity index (χ0n) is 8.82. The van der Waals surface area contributed by atoms with Crippen LogP contribution in [0.3, 0.4) is 0 Å². The molecule has 3 N–H and O–H groups in total. The molecule has 0 radical (unpaired) electrons. The molecule has 0 aromatic heterocycles. The quantitative estimate of drug-likeness (QED) is 0.622. The van der Waals surface area contributed by atoms with Crippen LogP contribution in [0, 0.1) is 5.92 Å². The van der Waals surface area contributed by atoms with Crippen LogP contribution in [0.15, 0.2) is 0 Å². The van der Waals surface area contributed by atoms with Gasteiger partial charge in [0.25, 0.3) is 0 Å². The molecule has 1 saturated carbocycles. The molecule has 5 nitrogen and oxygen atoms in total. The summed E-state index contributed by atoms with van der Waals surface area (Å²) >= 11 is 0. The topological polar surface area (TPSA) is 86.6 Å². The summed E-state index contributed by atoms with van der Waals surface area (Å²) in [4.78, 5) is 22.5. The van der Waals surface area contributed by atoms with E-state index in [1.165, 1.54) is 6.92 Å². The van der Waals surface area contributed by atoms with Crippen LogP contribution in [0.2, 0.25) is 0 Å². The van der Waals surface area contributed by atoms with E-state index in [9.17, 15) is 9.59 Å². The molecule has 1 aliphatic carbocycles. The van der Waals surface area contributed by atoms with Gasteiger partial charge >= 0.3 is 5.97 Å². The second-order valence-corrected chi connectivity index (χ2v) is 4.27. The molecule has 0 aromatic carbocycles. The van der Waals surface area contributed by atoms with E-state index in [1.807, 2.05) is 0 Å². The Balaban J connectivity index is 2.58. The molecule has 86 valence electrons. The largest absolute Gasteiger partial charge is 0.479 e. The number of rotatable bonds is 4. The smallest absolute Gasteiger partial charge is 0.331 e. The van der Waals surface area contributed by atoms with E-state index in [2.05, 4.69) is 5.32 Å². The monoisotopic (exact) mass is 215 g/mol. The molecule has 1 fully saturated rings. The van der Waals surface area contributed by atoms with Gasteiger partial charge in [0.1, 0.15) is 0 Å². The number of carboxylic acid groups (broad SMARTS) is 1. The number of aliphatic hydroxyl groups excluding tert-OH is 1. The van der Waals surface area contributed by atoms with E-state index in [4.69, 9.17) is 10.2 Å². The maximum absolute atomic E-state index is 11.6. The maximum atomic E-state index is 11.6. The highest BCUT2D eigenvalue weighted by Gasteiger charge is 2.36. The molecule has 0 heterocycles. The molecule has 0 aromatic rings. The number of hydrogen-bond donors (Lipinski definition) is 3. The third-order valence-corrected chi connectivity index (χ3v) is 2.91. The lowest BCUT2D eigenvalue weighted by molar-refractivity contribution is -0.149. The predicted molar refractivity (Wildman–Crippen MR) is 53.2 cm³/mol. The Hall–Kier alpha value is -1.10. The van der Waals surface area contributed by atoms with Crippen LogP contribution >= 0.6 is 0 Å². The Morgan fingerprint density at radius 3 is 2.33 bits per heavy atom. The summed E-state index contributed by atoms with van der Waals surface area (Å²) in [5.41, 5.74) is -1.56. The molecule has 0 spiro atoms. The van der Waals surface area contributed by atoms with Crippen molar-refractivity contribution in [2.75, 3.05) is 6.61 Å². The van der Waals surface area contributed by atoms with Crippen LogP contribution in [0.5, 0.6) is 0 Å². The Kier molecular flexibility index (Phi) is 3.68. The van der Waals surface area contributed by atoms with E-state index in [-0.39, 0.29) is 11.8 Å². The van der Waals surface area contributed by atoms with Gasteiger partial charge in [-0.2, -0.15) is 0 Å². The van der Waals surface area contributed by atoms with Crippen molar-refractivity contribution in [2.45, 2.75) is 38.1 Å². The van der Waals surface area contributed by atoms with Gasteiger partial charge in [0.2, 0.25) is 5.91 Å². The standard InChI is InChI=1S/C10H17NO4/c1-10(6-12,9(14)15)11-8(13)7-4-2-3-5-7/h7,12H,2-6H2,1H3,(H,11,13)(H,14,15). The van der Waals surface area contributed by atoms with E-state index in [0.717, 1.165) is 25.7 Å². The summed E-state index contributed by atoms with van der Waals surface area (Å²) in [5.74, 6) is -1.56. The number of carboxylic acids is 1. The normalized spacial score (nSPS) is 20.9. The summed E-state index contributed by atoms with van der Waals surface area (Å²) < 4.78 is 0. The van der Waals surface area contributed by atoms with Crippen LogP contribution in [-0.2, 0) is 9.59 Å². The van der Waals surface area contributed by atoms with E-state index in [0.29, 0.717) is 0 Å². The zero-order chi connectivity index (χ0) is 11.5. The highest BCUT2D eigenvalue weighted by Crippen LogP contribution is 2.25. The fourth-order valence-corrected chi connectivity index (χ4v) is 1.72. The number of nitrogens with one attached hydrogen (secondary N) is 1. The molecule has 1 aliphatic rings. The van der Waals surface area contributed by atoms with Crippen LogP contribution in [0.1, 0.15) is 32.6 Å². The van der Waals surface area contributed by atoms with Crippen molar-refractivity contribution in [1.82, 2.24) is 5.32 Å². The molecule has 1 atom stereocenters. The number of carbonyl (C=O) groups is 2. The van der Waals surface area contributed by atoms with Gasteiger partial charge < -0.3 is 15.5 Å². The van der Waals surface area contributed by atoms with Crippen molar-refractivity contribution in [3.8, 4) is 0 Å². The fraction of sp³-hybridized carbons (Fsp3) is 0.800. The molecule has 1 rings (SSSR count). The Bertz CT molecular complexity index is 260. The summed E-state index contributed by atoms with van der Waals surface area (Å²) in [7, 11) is 0. The van der Waals surface area contributed by atoms with Crippen molar-refractivity contribution in [1.29, 1.82) is 0 Å². The minimum absolute atomic E-state index is 0.0878. The van der Waals surface area contributed by atoms with Gasteiger partial charge in [0.05, 0.1) is 6.61 Å². The van der Waals surface area contributed by atoms with E-state index in [1.54, 1.807) is 0 Å². The molecule has 0 bridgehead atoms. The van der Waals surface area contributed by atoms with Crippen molar-refractivity contribution in [3.05, 3.63) is 0 Å². The van der Waals surface area contributed by atoms with E-state index < -0.39 is 18.1 Å². The van der Waals surface area contributed by atoms with Gasteiger partial charge in [0.15, 0.2) is 5.54 Å². The molecular formula is C10H17NO4. The lowest BCUT2D eigenvalue weighted by Gasteiger charge is -2.25. The lowest BCUT2D eigenvalue weighted by Crippen LogP contribution is -2.56. The average Bonchev–Trinajstić information content (AvgIpc) is 2.70. The molecule has 15 heavy (non-hydrogen) atoms. The molecule has 0 aliphatic heterocycles.